The van der Waals surface area contributed by atoms with Crippen LogP contribution in [0, 0.1) is 0 Å². The number of fused-ring (bicyclic) bond motifs is 1. The van der Waals surface area contributed by atoms with Crippen molar-refractivity contribution < 1.29 is 22.7 Å². The molecule has 1 saturated heterocycles. The van der Waals surface area contributed by atoms with Gasteiger partial charge in [0, 0.05) is 30.6 Å². The van der Waals surface area contributed by atoms with Crippen molar-refractivity contribution in [2.24, 2.45) is 7.05 Å². The number of hydrogen-bond donors (Lipinski definition) is 2. The van der Waals surface area contributed by atoms with Gasteiger partial charge in [-0.1, -0.05) is 0 Å². The predicted molar refractivity (Wildman–Crippen MR) is 126 cm³/mol. The largest absolute Gasteiger partial charge is 0.486 e. The van der Waals surface area contributed by atoms with Gasteiger partial charge in [0.05, 0.1) is 30.7 Å². The molecule has 0 bridgehead atoms. The number of aldehydes is 1. The van der Waals surface area contributed by atoms with Crippen molar-refractivity contribution in [3.05, 3.63) is 23.9 Å². The lowest BCUT2D eigenvalue weighted by Gasteiger charge is -2.35. The molecule has 0 radical (unpaired) electrons. The van der Waals surface area contributed by atoms with Crippen LogP contribution in [0.15, 0.2) is 18.3 Å². The first-order valence-electron chi connectivity index (χ1n) is 11.7. The fourth-order valence-electron chi connectivity index (χ4n) is 5.09. The Morgan fingerprint density at radius 2 is 2.03 bits per heavy atom. The highest BCUT2D eigenvalue weighted by atomic mass is 32.2. The number of rotatable bonds is 9. The molecule has 0 amide bonds. The van der Waals surface area contributed by atoms with Crippen LogP contribution in [-0.2, 0) is 26.6 Å². The van der Waals surface area contributed by atoms with Gasteiger partial charge in [-0.25, -0.2) is 13.1 Å². The molecule has 2 atom stereocenters. The Morgan fingerprint density at radius 1 is 1.24 bits per heavy atom. The molecule has 1 aliphatic carbocycles. The fourth-order valence-corrected chi connectivity index (χ4v) is 5.92. The van der Waals surface area contributed by atoms with Gasteiger partial charge < -0.3 is 14.8 Å². The van der Waals surface area contributed by atoms with Crippen LogP contribution in [0.4, 0.5) is 0 Å². The summed E-state index contributed by atoms with van der Waals surface area (Å²) in [6, 6.07) is 3.98. The molecule has 2 aliphatic rings. The van der Waals surface area contributed by atoms with Crippen LogP contribution in [-0.4, -0.2) is 68.7 Å². The maximum absolute atomic E-state index is 11.7. The van der Waals surface area contributed by atoms with Crippen molar-refractivity contribution in [2.45, 2.75) is 62.6 Å². The molecule has 2 aromatic rings. The van der Waals surface area contributed by atoms with E-state index in [9.17, 15) is 13.2 Å². The predicted octanol–water partition coefficient (Wildman–Crippen LogP) is 1.86. The molecule has 182 valence electrons. The van der Waals surface area contributed by atoms with E-state index in [1.165, 1.54) is 6.26 Å². The van der Waals surface area contributed by atoms with E-state index < -0.39 is 10.0 Å². The molecule has 1 saturated carbocycles. The summed E-state index contributed by atoms with van der Waals surface area (Å²) in [5, 5.41) is 8.81. The summed E-state index contributed by atoms with van der Waals surface area (Å²) in [6.07, 6.45) is 9.56. The lowest BCUT2D eigenvalue weighted by Crippen LogP contribution is -2.55. The quantitative estimate of drug-likeness (QED) is 0.529. The summed E-state index contributed by atoms with van der Waals surface area (Å²) < 4.78 is 39.9. The maximum atomic E-state index is 11.7. The van der Waals surface area contributed by atoms with E-state index in [4.69, 9.17) is 9.47 Å². The lowest BCUT2D eigenvalue weighted by molar-refractivity contribution is -0.109. The summed E-state index contributed by atoms with van der Waals surface area (Å²) in [6.45, 7) is 1.41. The molecule has 1 aliphatic heterocycles. The maximum Gasteiger partial charge on any atom is 0.209 e. The highest BCUT2D eigenvalue weighted by Gasteiger charge is 2.30. The third-order valence-electron chi connectivity index (χ3n) is 6.76. The second kappa shape index (κ2) is 10.5. The van der Waals surface area contributed by atoms with Gasteiger partial charge in [-0.05, 0) is 62.6 Å². The van der Waals surface area contributed by atoms with Gasteiger partial charge in [-0.3, -0.25) is 9.48 Å². The molecule has 2 N–H and O–H groups in total. The standard InChI is InChI=1S/C23H34N4O5S/c1-27-22-13-23(31-11-10-28)19(12-17(22)14-25-27)16-5-7-18(8-6-16)32-15-21-20(4-3-9-24-21)26-33(2,29)30/h10,12-14,16,18,20-21,24,26H,3-9,11,15H2,1-2H3/t16?,18?,20-,21-/m0/s1. The van der Waals surface area contributed by atoms with Gasteiger partial charge in [0.1, 0.15) is 12.4 Å². The second-order valence-corrected chi connectivity index (χ2v) is 11.0. The number of carbonyl (C=O) groups is 1. The first-order valence-corrected chi connectivity index (χ1v) is 13.6. The monoisotopic (exact) mass is 478 g/mol. The second-order valence-electron chi connectivity index (χ2n) is 9.20. The molecule has 9 nitrogen and oxygen atoms in total. The highest BCUT2D eigenvalue weighted by molar-refractivity contribution is 7.88. The van der Waals surface area contributed by atoms with E-state index in [-0.39, 0.29) is 24.8 Å². The molecule has 33 heavy (non-hydrogen) atoms. The highest BCUT2D eigenvalue weighted by Crippen LogP contribution is 2.40. The van der Waals surface area contributed by atoms with Crippen molar-refractivity contribution in [3.8, 4) is 5.75 Å². The van der Waals surface area contributed by atoms with Gasteiger partial charge in [-0.15, -0.1) is 0 Å². The Kier molecular flexibility index (Phi) is 7.68. The van der Waals surface area contributed by atoms with E-state index >= 15 is 0 Å². The number of nitrogens with one attached hydrogen (secondary N) is 2. The molecule has 4 rings (SSSR count). The number of hydrogen-bond acceptors (Lipinski definition) is 7. The van der Waals surface area contributed by atoms with Crippen molar-refractivity contribution in [1.29, 1.82) is 0 Å². The van der Waals surface area contributed by atoms with Gasteiger partial charge in [0.25, 0.3) is 0 Å². The number of sulfonamides is 1. The number of benzene rings is 1. The summed E-state index contributed by atoms with van der Waals surface area (Å²) in [7, 11) is -1.35. The van der Waals surface area contributed by atoms with Crippen LogP contribution in [0.1, 0.15) is 50.0 Å². The number of aryl methyl sites for hydroxylation is 1. The van der Waals surface area contributed by atoms with Crippen molar-refractivity contribution in [3.63, 3.8) is 0 Å². The zero-order chi connectivity index (χ0) is 23.4. The molecule has 1 aromatic carbocycles. The van der Waals surface area contributed by atoms with E-state index in [1.807, 2.05) is 24.0 Å². The third-order valence-corrected chi connectivity index (χ3v) is 7.49. The van der Waals surface area contributed by atoms with Crippen LogP contribution in [0.5, 0.6) is 5.75 Å². The molecule has 10 heteroatoms. The zero-order valence-electron chi connectivity index (χ0n) is 19.3. The average molecular weight is 479 g/mol. The van der Waals surface area contributed by atoms with E-state index in [2.05, 4.69) is 21.2 Å². The number of ether oxygens (including phenoxy) is 2. The Balaban J connectivity index is 1.36. The van der Waals surface area contributed by atoms with E-state index in [0.717, 1.165) is 73.6 Å². The average Bonchev–Trinajstić information content (AvgIpc) is 3.15. The van der Waals surface area contributed by atoms with Crippen LogP contribution in [0.3, 0.4) is 0 Å². The number of carbonyl (C=O) groups excluding carboxylic acids is 1. The minimum atomic E-state index is -3.25. The zero-order valence-corrected chi connectivity index (χ0v) is 20.1. The van der Waals surface area contributed by atoms with Crippen LogP contribution in [0.2, 0.25) is 0 Å². The lowest BCUT2D eigenvalue weighted by atomic mass is 9.82. The Bertz CT molecular complexity index is 1060. The van der Waals surface area contributed by atoms with Crippen molar-refractivity contribution >= 4 is 27.2 Å². The van der Waals surface area contributed by atoms with Gasteiger partial charge in [0.15, 0.2) is 6.29 Å². The minimum Gasteiger partial charge on any atom is -0.486 e. The first kappa shape index (κ1) is 24.1. The molecule has 0 spiro atoms. The van der Waals surface area contributed by atoms with E-state index in [1.54, 1.807) is 0 Å². The first-order chi connectivity index (χ1) is 15.8. The summed E-state index contributed by atoms with van der Waals surface area (Å²) in [4.78, 5) is 10.9. The molecular formula is C23H34N4O5S. The van der Waals surface area contributed by atoms with Crippen molar-refractivity contribution in [2.75, 3.05) is 26.0 Å². The van der Waals surface area contributed by atoms with Crippen molar-refractivity contribution in [1.82, 2.24) is 19.8 Å². The van der Waals surface area contributed by atoms with Crippen LogP contribution >= 0.6 is 0 Å². The smallest absolute Gasteiger partial charge is 0.209 e. The van der Waals surface area contributed by atoms with Gasteiger partial charge in [0.2, 0.25) is 10.0 Å². The third kappa shape index (κ3) is 6.11. The van der Waals surface area contributed by atoms with Gasteiger partial charge >= 0.3 is 0 Å². The fraction of sp³-hybridized carbons (Fsp3) is 0.652. The molecule has 0 unspecified atom stereocenters. The summed E-state index contributed by atoms with van der Waals surface area (Å²) in [5.74, 6) is 1.09. The minimum absolute atomic E-state index is 0.0115. The normalized spacial score (nSPS) is 26.4. The van der Waals surface area contributed by atoms with E-state index in [0.29, 0.717) is 12.5 Å². The molecule has 2 fully saturated rings. The Morgan fingerprint density at radius 3 is 2.76 bits per heavy atom. The molecule has 1 aromatic heterocycles. The summed E-state index contributed by atoms with van der Waals surface area (Å²) >= 11 is 0. The Labute approximate surface area is 195 Å². The number of piperidine rings is 1. The molecule has 2 heterocycles. The number of nitrogens with zero attached hydrogens (tertiary/aromatic N) is 2. The Hall–Kier alpha value is -2.01. The molecular weight excluding hydrogens is 444 g/mol. The summed E-state index contributed by atoms with van der Waals surface area (Å²) in [5.41, 5.74) is 2.11. The van der Waals surface area contributed by atoms with Gasteiger partial charge in [-0.2, -0.15) is 5.10 Å². The topological polar surface area (TPSA) is 112 Å². The number of aromatic nitrogens is 2. The van der Waals surface area contributed by atoms with Crippen LogP contribution in [0.25, 0.3) is 10.9 Å². The van der Waals surface area contributed by atoms with Crippen LogP contribution < -0.4 is 14.8 Å². The SMILES string of the molecule is Cn1ncc2cc(C3CCC(OC[C@@H]4NCCC[C@@H]4NS(C)(=O)=O)CC3)c(OCC=O)cc21.